The Balaban J connectivity index is 1.75. The van der Waals surface area contributed by atoms with E-state index in [9.17, 15) is 0 Å². The Bertz CT molecular complexity index is 383. The Morgan fingerprint density at radius 1 is 1.00 bits per heavy atom. The van der Waals surface area contributed by atoms with Crippen LogP contribution in [0, 0.1) is 0 Å². The minimum absolute atomic E-state index is 0.939. The maximum absolute atomic E-state index is 5.20. The second-order valence-electron chi connectivity index (χ2n) is 5.32. The average molecular weight is 341 g/mol. The number of hydrogen-bond acceptors (Lipinski definition) is 3. The third-order valence-electron chi connectivity index (χ3n) is 3.96. The molecule has 1 aromatic rings. The van der Waals surface area contributed by atoms with Gasteiger partial charge in [0, 0.05) is 31.5 Å². The summed E-state index contributed by atoms with van der Waals surface area (Å²) in [6.07, 6.45) is 2.41. The summed E-state index contributed by atoms with van der Waals surface area (Å²) in [6.45, 7) is 7.21. The molecule has 1 heterocycles. The minimum Gasteiger partial charge on any atom is -0.497 e. The molecule has 0 atom stereocenters. The molecule has 0 saturated carbocycles. The highest BCUT2D eigenvalue weighted by Crippen LogP contribution is 2.12. The summed E-state index contributed by atoms with van der Waals surface area (Å²) in [4.78, 5) is 5.15. The van der Waals surface area contributed by atoms with Crippen LogP contribution in [0.1, 0.15) is 12.0 Å². The molecule has 3 nitrogen and oxygen atoms in total. The van der Waals surface area contributed by atoms with Gasteiger partial charge < -0.3 is 14.5 Å². The molecule has 0 N–H and O–H groups in total. The number of ether oxygens (including phenoxy) is 1. The third kappa shape index (κ3) is 5.08. The SMILES string of the molecule is COc1ccc(CCN2CCCN(CCBr)CC2)cc1. The second kappa shape index (κ2) is 8.65. The predicted molar refractivity (Wildman–Crippen MR) is 88.0 cm³/mol. The monoisotopic (exact) mass is 340 g/mol. The maximum atomic E-state index is 5.20. The average Bonchev–Trinajstić information content (AvgIpc) is 2.71. The van der Waals surface area contributed by atoms with E-state index in [1.807, 2.05) is 0 Å². The fourth-order valence-corrected chi connectivity index (χ4v) is 3.17. The Morgan fingerprint density at radius 3 is 2.25 bits per heavy atom. The van der Waals surface area contributed by atoms with Gasteiger partial charge in [-0.25, -0.2) is 0 Å². The highest BCUT2D eigenvalue weighted by Gasteiger charge is 2.13. The van der Waals surface area contributed by atoms with Crippen molar-refractivity contribution in [1.29, 1.82) is 0 Å². The predicted octanol–water partition coefficient (Wildman–Crippen LogP) is 2.64. The number of halogens is 1. The lowest BCUT2D eigenvalue weighted by Crippen LogP contribution is -2.32. The van der Waals surface area contributed by atoms with E-state index in [-0.39, 0.29) is 0 Å². The van der Waals surface area contributed by atoms with Crippen LogP contribution in [-0.4, -0.2) is 61.5 Å². The topological polar surface area (TPSA) is 15.7 Å². The molecule has 0 aliphatic carbocycles. The second-order valence-corrected chi connectivity index (χ2v) is 6.12. The molecule has 20 heavy (non-hydrogen) atoms. The molecular weight excluding hydrogens is 316 g/mol. The third-order valence-corrected chi connectivity index (χ3v) is 4.31. The van der Waals surface area contributed by atoms with E-state index in [4.69, 9.17) is 4.74 Å². The lowest BCUT2D eigenvalue weighted by atomic mass is 10.1. The van der Waals surface area contributed by atoms with Gasteiger partial charge in [-0.2, -0.15) is 0 Å². The molecule has 0 unspecified atom stereocenters. The van der Waals surface area contributed by atoms with Gasteiger partial charge in [0.2, 0.25) is 0 Å². The molecule has 4 heteroatoms. The van der Waals surface area contributed by atoms with Gasteiger partial charge in [-0.3, -0.25) is 0 Å². The quantitative estimate of drug-likeness (QED) is 0.740. The molecule has 112 valence electrons. The first-order valence-corrected chi connectivity index (χ1v) is 8.57. The molecule has 1 aromatic carbocycles. The Kier molecular flexibility index (Phi) is 6.83. The van der Waals surface area contributed by atoms with Gasteiger partial charge in [-0.15, -0.1) is 0 Å². The Labute approximate surface area is 131 Å². The maximum Gasteiger partial charge on any atom is 0.118 e. The van der Waals surface area contributed by atoms with Crippen molar-refractivity contribution < 1.29 is 4.74 Å². The molecule has 0 amide bonds. The smallest absolute Gasteiger partial charge is 0.118 e. The fourth-order valence-electron chi connectivity index (χ4n) is 2.67. The summed E-state index contributed by atoms with van der Waals surface area (Å²) < 4.78 is 5.20. The minimum atomic E-state index is 0.939. The van der Waals surface area contributed by atoms with Gasteiger partial charge >= 0.3 is 0 Å². The van der Waals surface area contributed by atoms with Crippen LogP contribution in [-0.2, 0) is 6.42 Å². The summed E-state index contributed by atoms with van der Waals surface area (Å²) in [5.41, 5.74) is 1.40. The zero-order chi connectivity index (χ0) is 14.2. The summed E-state index contributed by atoms with van der Waals surface area (Å²) in [7, 11) is 1.71. The molecule has 2 rings (SSSR count). The summed E-state index contributed by atoms with van der Waals surface area (Å²) in [6, 6.07) is 8.45. The van der Waals surface area contributed by atoms with E-state index >= 15 is 0 Å². The van der Waals surface area contributed by atoms with Crippen LogP contribution in [0.3, 0.4) is 0 Å². The standard InChI is InChI=1S/C16H25BrN2O/c1-20-16-5-3-15(4-6-16)7-11-18-9-2-10-19(12-8-17)14-13-18/h3-6H,2,7-14H2,1H3. The first-order valence-electron chi connectivity index (χ1n) is 7.45. The fraction of sp³-hybridized carbons (Fsp3) is 0.625. The molecule has 0 spiro atoms. The van der Waals surface area contributed by atoms with Crippen LogP contribution in [0.4, 0.5) is 0 Å². The van der Waals surface area contributed by atoms with Crippen molar-refractivity contribution in [3.8, 4) is 5.75 Å². The van der Waals surface area contributed by atoms with E-state index in [1.165, 1.54) is 44.7 Å². The molecule has 0 aromatic heterocycles. The number of rotatable bonds is 6. The molecule has 0 bridgehead atoms. The van der Waals surface area contributed by atoms with Crippen LogP contribution in [0.25, 0.3) is 0 Å². The highest BCUT2D eigenvalue weighted by molar-refractivity contribution is 9.09. The molecular formula is C16H25BrN2O. The van der Waals surface area contributed by atoms with Crippen molar-refractivity contribution in [1.82, 2.24) is 9.80 Å². The first-order chi connectivity index (χ1) is 9.81. The van der Waals surface area contributed by atoms with Crippen LogP contribution >= 0.6 is 15.9 Å². The highest BCUT2D eigenvalue weighted by atomic mass is 79.9. The molecule has 1 fully saturated rings. The van der Waals surface area contributed by atoms with Crippen molar-refractivity contribution >= 4 is 15.9 Å². The van der Waals surface area contributed by atoms with Crippen molar-refractivity contribution in [2.45, 2.75) is 12.8 Å². The number of nitrogens with zero attached hydrogens (tertiary/aromatic N) is 2. The lowest BCUT2D eigenvalue weighted by Gasteiger charge is -2.21. The van der Waals surface area contributed by atoms with Crippen molar-refractivity contribution in [2.75, 3.05) is 51.7 Å². The zero-order valence-corrected chi connectivity index (χ0v) is 13.9. The molecule has 0 radical (unpaired) electrons. The van der Waals surface area contributed by atoms with Crippen LogP contribution < -0.4 is 4.74 Å². The van der Waals surface area contributed by atoms with Crippen molar-refractivity contribution in [2.24, 2.45) is 0 Å². The van der Waals surface area contributed by atoms with E-state index in [2.05, 4.69) is 50.0 Å². The summed E-state index contributed by atoms with van der Waals surface area (Å²) in [5.74, 6) is 0.939. The van der Waals surface area contributed by atoms with Crippen molar-refractivity contribution in [3.63, 3.8) is 0 Å². The lowest BCUT2D eigenvalue weighted by molar-refractivity contribution is 0.266. The Hall–Kier alpha value is -0.580. The van der Waals surface area contributed by atoms with Gasteiger partial charge in [-0.05, 0) is 43.6 Å². The Morgan fingerprint density at radius 2 is 1.65 bits per heavy atom. The van der Waals surface area contributed by atoms with E-state index in [0.29, 0.717) is 0 Å². The first kappa shape index (κ1) is 15.8. The molecule has 1 aliphatic rings. The van der Waals surface area contributed by atoms with Gasteiger partial charge in [0.15, 0.2) is 0 Å². The molecule has 1 aliphatic heterocycles. The van der Waals surface area contributed by atoms with E-state index in [0.717, 1.165) is 24.0 Å². The van der Waals surface area contributed by atoms with E-state index < -0.39 is 0 Å². The van der Waals surface area contributed by atoms with Gasteiger partial charge in [0.25, 0.3) is 0 Å². The zero-order valence-electron chi connectivity index (χ0n) is 12.4. The number of hydrogen-bond donors (Lipinski definition) is 0. The summed E-state index contributed by atoms with van der Waals surface area (Å²) in [5, 5.41) is 1.08. The van der Waals surface area contributed by atoms with E-state index in [1.54, 1.807) is 7.11 Å². The number of benzene rings is 1. The van der Waals surface area contributed by atoms with Crippen molar-refractivity contribution in [3.05, 3.63) is 29.8 Å². The van der Waals surface area contributed by atoms with Crippen LogP contribution in [0.5, 0.6) is 5.75 Å². The van der Waals surface area contributed by atoms with Crippen LogP contribution in [0.2, 0.25) is 0 Å². The largest absolute Gasteiger partial charge is 0.497 e. The van der Waals surface area contributed by atoms with Gasteiger partial charge in [-0.1, -0.05) is 28.1 Å². The number of methoxy groups -OCH3 is 1. The van der Waals surface area contributed by atoms with Crippen LogP contribution in [0.15, 0.2) is 24.3 Å². The summed E-state index contributed by atoms with van der Waals surface area (Å²) >= 11 is 3.53. The van der Waals surface area contributed by atoms with Gasteiger partial charge in [0.1, 0.15) is 5.75 Å². The molecule has 1 saturated heterocycles. The number of alkyl halides is 1. The van der Waals surface area contributed by atoms with Gasteiger partial charge in [0.05, 0.1) is 7.11 Å². The normalized spacial score (nSPS) is 17.9.